The van der Waals surface area contributed by atoms with Gasteiger partial charge in [0.15, 0.2) is 0 Å². The molecule has 0 aliphatic carbocycles. The van der Waals surface area contributed by atoms with E-state index in [1.54, 1.807) is 0 Å². The number of hydrogen-bond donors (Lipinski definition) is 1. The molecule has 0 aromatic rings. The van der Waals surface area contributed by atoms with Crippen molar-refractivity contribution in [1.82, 2.24) is 0 Å². The monoisotopic (exact) mass is 91.1 g/mol. The molecular weight excluding hydrogens is 80.0 g/mol. The Morgan fingerprint density at radius 2 is 2.00 bits per heavy atom. The molecule has 2 nitrogen and oxygen atoms in total. The molecule has 0 spiro atoms. The minimum atomic E-state index is 0. The maximum Gasteiger partial charge on any atom is 0.0456 e. The van der Waals surface area contributed by atoms with Gasteiger partial charge in [-0.2, -0.15) is 0 Å². The van der Waals surface area contributed by atoms with E-state index in [0.29, 0.717) is 0 Å². The van der Waals surface area contributed by atoms with Gasteiger partial charge in [0.1, 0.15) is 0 Å². The molecule has 1 atom stereocenters. The number of hydrogen-bond acceptors (Lipinski definition) is 1. The molecule has 0 saturated heterocycles. The molecule has 6 heavy (non-hydrogen) atoms. The van der Waals surface area contributed by atoms with Crippen LogP contribution in [0.4, 0.5) is 0 Å². The summed E-state index contributed by atoms with van der Waals surface area (Å²) < 4.78 is 0. The van der Waals surface area contributed by atoms with Crippen molar-refractivity contribution in [2.75, 3.05) is 6.61 Å². The van der Waals surface area contributed by atoms with Crippen LogP contribution in [-0.2, 0) is 0 Å². The Hall–Kier alpha value is -0.0800. The van der Waals surface area contributed by atoms with Gasteiger partial charge in [-0.15, -0.1) is 0 Å². The molecule has 0 amide bonds. The van der Waals surface area contributed by atoms with E-state index < -0.39 is 0 Å². The second-order valence-corrected chi connectivity index (χ2v) is 1.29. The average Bonchev–Trinajstić information content (AvgIpc) is 1.38. The van der Waals surface area contributed by atoms with Crippen LogP contribution in [0.1, 0.15) is 6.92 Å². The van der Waals surface area contributed by atoms with Gasteiger partial charge in [-0.3, -0.25) is 0 Å². The van der Waals surface area contributed by atoms with Crippen molar-refractivity contribution in [3.8, 4) is 0 Å². The molecule has 0 aliphatic heterocycles. The van der Waals surface area contributed by atoms with Crippen molar-refractivity contribution >= 4 is 0 Å². The fourth-order valence-corrected chi connectivity index (χ4v) is 0. The summed E-state index contributed by atoms with van der Waals surface area (Å²) in [7, 11) is 0. The van der Waals surface area contributed by atoms with Crippen LogP contribution < -0.4 is 0 Å². The largest absolute Gasteiger partial charge is 0.412 e. The number of aliphatic hydroxyl groups excluding tert-OH is 1. The lowest BCUT2D eigenvalue weighted by Crippen LogP contribution is -1.91. The molecule has 39 valence electrons. The summed E-state index contributed by atoms with van der Waals surface area (Å²) in [6.07, 6.45) is 0. The predicted molar refractivity (Wildman–Crippen MR) is 25.2 cm³/mol. The molecule has 3 N–H and O–H groups in total. The summed E-state index contributed by atoms with van der Waals surface area (Å²) >= 11 is 0. The molecule has 0 rings (SSSR count). The van der Waals surface area contributed by atoms with Crippen molar-refractivity contribution in [3.05, 3.63) is 6.92 Å². The number of aliphatic hydroxyl groups is 1. The first kappa shape index (κ1) is 9.33. The SMILES string of the molecule is O.[CH2]C(C)CO. The first-order chi connectivity index (χ1) is 2.27. The summed E-state index contributed by atoms with van der Waals surface area (Å²) in [5.74, 6) is 0.190. The minimum Gasteiger partial charge on any atom is -0.412 e. The fraction of sp³-hybridized carbons (Fsp3) is 0.750. The van der Waals surface area contributed by atoms with E-state index >= 15 is 0 Å². The van der Waals surface area contributed by atoms with Crippen LogP contribution >= 0.6 is 0 Å². The topological polar surface area (TPSA) is 51.7 Å². The first-order valence-electron chi connectivity index (χ1n) is 1.71. The van der Waals surface area contributed by atoms with Gasteiger partial charge in [0.2, 0.25) is 0 Å². The Morgan fingerprint density at radius 1 is 1.83 bits per heavy atom. The van der Waals surface area contributed by atoms with Crippen LogP contribution in [0.2, 0.25) is 0 Å². The summed E-state index contributed by atoms with van der Waals surface area (Å²) in [5, 5.41) is 8.08. The van der Waals surface area contributed by atoms with Gasteiger partial charge in [0.05, 0.1) is 0 Å². The minimum absolute atomic E-state index is 0. The molecular formula is C4H11O2. The Labute approximate surface area is 38.1 Å². The normalized spacial score (nSPS) is 8.00. The second kappa shape index (κ2) is 4.92. The summed E-state index contributed by atoms with van der Waals surface area (Å²) in [4.78, 5) is 0. The molecule has 0 aromatic carbocycles. The van der Waals surface area contributed by atoms with Crippen LogP contribution in [0.25, 0.3) is 0 Å². The smallest absolute Gasteiger partial charge is 0.0456 e. The number of rotatable bonds is 1. The third-order valence-corrected chi connectivity index (χ3v) is 0.312. The first-order valence-corrected chi connectivity index (χ1v) is 1.71. The second-order valence-electron chi connectivity index (χ2n) is 1.29. The van der Waals surface area contributed by atoms with Gasteiger partial charge < -0.3 is 10.6 Å². The molecule has 0 saturated carbocycles. The molecule has 0 bridgehead atoms. The molecule has 0 fully saturated rings. The lowest BCUT2D eigenvalue weighted by molar-refractivity contribution is 0.261. The zero-order valence-electron chi connectivity index (χ0n) is 3.94. The Morgan fingerprint density at radius 3 is 2.00 bits per heavy atom. The van der Waals surface area contributed by atoms with E-state index in [1.165, 1.54) is 0 Å². The van der Waals surface area contributed by atoms with Crippen molar-refractivity contribution < 1.29 is 10.6 Å². The van der Waals surface area contributed by atoms with E-state index in [0.717, 1.165) is 0 Å². The van der Waals surface area contributed by atoms with Crippen LogP contribution in [0.15, 0.2) is 0 Å². The van der Waals surface area contributed by atoms with Crippen LogP contribution in [0.5, 0.6) is 0 Å². The van der Waals surface area contributed by atoms with E-state index in [1.807, 2.05) is 6.92 Å². The summed E-state index contributed by atoms with van der Waals surface area (Å²) in [5.41, 5.74) is 0. The van der Waals surface area contributed by atoms with Crippen molar-refractivity contribution in [3.63, 3.8) is 0 Å². The maximum atomic E-state index is 8.08. The molecule has 0 aromatic heterocycles. The maximum absolute atomic E-state index is 8.08. The van der Waals surface area contributed by atoms with E-state index in [-0.39, 0.29) is 18.0 Å². The van der Waals surface area contributed by atoms with Gasteiger partial charge in [0.25, 0.3) is 0 Å². The highest BCUT2D eigenvalue weighted by Crippen LogP contribution is 1.82. The molecule has 0 heterocycles. The van der Waals surface area contributed by atoms with Gasteiger partial charge in [-0.25, -0.2) is 0 Å². The van der Waals surface area contributed by atoms with Crippen molar-refractivity contribution in [2.45, 2.75) is 6.92 Å². The van der Waals surface area contributed by atoms with Gasteiger partial charge in [-0.1, -0.05) is 6.92 Å². The third-order valence-electron chi connectivity index (χ3n) is 0.312. The zero-order valence-corrected chi connectivity index (χ0v) is 3.94. The molecule has 0 aliphatic rings. The summed E-state index contributed by atoms with van der Waals surface area (Å²) in [6, 6.07) is 0. The standard InChI is InChI=1S/C4H9O.H2O/c1-4(2)3-5;/h4-5H,1,3H2,2H3;1H2. The van der Waals surface area contributed by atoms with Gasteiger partial charge in [-0.05, 0) is 12.8 Å². The van der Waals surface area contributed by atoms with Crippen LogP contribution in [0.3, 0.4) is 0 Å². The molecule has 1 unspecified atom stereocenters. The zero-order chi connectivity index (χ0) is 4.28. The van der Waals surface area contributed by atoms with E-state index in [9.17, 15) is 0 Å². The lowest BCUT2D eigenvalue weighted by atomic mass is 10.2. The highest BCUT2D eigenvalue weighted by atomic mass is 16.3. The van der Waals surface area contributed by atoms with Gasteiger partial charge in [0, 0.05) is 6.61 Å². The van der Waals surface area contributed by atoms with Crippen LogP contribution in [-0.4, -0.2) is 17.2 Å². The molecule has 2 heteroatoms. The van der Waals surface area contributed by atoms with E-state index in [4.69, 9.17) is 5.11 Å². The third kappa shape index (κ3) is 9.07. The van der Waals surface area contributed by atoms with Gasteiger partial charge >= 0.3 is 0 Å². The Bertz CT molecular complexity index is 19.5. The highest BCUT2D eigenvalue weighted by molar-refractivity contribution is 4.46. The van der Waals surface area contributed by atoms with Crippen molar-refractivity contribution in [2.24, 2.45) is 5.92 Å². The lowest BCUT2D eigenvalue weighted by Gasteiger charge is -1.89. The summed E-state index contributed by atoms with van der Waals surface area (Å²) in [6.45, 7) is 5.56. The molecule has 1 radical (unpaired) electrons. The Kier molecular flexibility index (Phi) is 7.65. The predicted octanol–water partition coefficient (Wildman–Crippen LogP) is -0.376. The fourth-order valence-electron chi connectivity index (χ4n) is 0. The average molecular weight is 91.1 g/mol. The van der Waals surface area contributed by atoms with E-state index in [2.05, 4.69) is 6.92 Å². The van der Waals surface area contributed by atoms with Crippen molar-refractivity contribution in [1.29, 1.82) is 0 Å². The Balaban J connectivity index is 0. The van der Waals surface area contributed by atoms with Crippen LogP contribution in [0, 0.1) is 12.8 Å². The highest BCUT2D eigenvalue weighted by Gasteiger charge is 1.81. The quantitative estimate of drug-likeness (QED) is 0.470.